The van der Waals surface area contributed by atoms with Crippen LogP contribution in [0.2, 0.25) is 0 Å². The summed E-state index contributed by atoms with van der Waals surface area (Å²) < 4.78 is 5.69. The number of piperidine rings is 1. The van der Waals surface area contributed by atoms with E-state index < -0.39 is 0 Å². The Morgan fingerprint density at radius 3 is 3.00 bits per heavy atom. The Bertz CT molecular complexity index is 460. The molecule has 1 N–H and O–H groups in total. The number of nitrogens with zero attached hydrogens (tertiary/aromatic N) is 1. The van der Waals surface area contributed by atoms with E-state index in [1.165, 1.54) is 0 Å². The van der Waals surface area contributed by atoms with Gasteiger partial charge in [0.15, 0.2) is 0 Å². The normalized spacial score (nSPS) is 18.8. The maximum absolute atomic E-state index is 12.8. The largest absolute Gasteiger partial charge is 0.377 e. The third-order valence-corrected chi connectivity index (χ3v) is 3.96. The number of likely N-dealkylation sites (N-methyl/N-ethyl adjacent to an activating group) is 1. The molecule has 1 amide bonds. The van der Waals surface area contributed by atoms with Crippen molar-refractivity contribution in [3.63, 3.8) is 0 Å². The van der Waals surface area contributed by atoms with Crippen molar-refractivity contribution in [3.8, 4) is 0 Å². The average molecular weight is 290 g/mol. The Labute approximate surface area is 127 Å². The second-order valence-electron chi connectivity index (χ2n) is 5.48. The summed E-state index contributed by atoms with van der Waals surface area (Å²) in [4.78, 5) is 14.7. The number of hydrogen-bond donors (Lipinski definition) is 1. The summed E-state index contributed by atoms with van der Waals surface area (Å²) in [7, 11) is 1.93. The highest BCUT2D eigenvalue weighted by Crippen LogP contribution is 2.18. The molecule has 0 saturated carbocycles. The first kappa shape index (κ1) is 16.0. The van der Waals surface area contributed by atoms with Gasteiger partial charge >= 0.3 is 0 Å². The zero-order valence-corrected chi connectivity index (χ0v) is 13.1. The van der Waals surface area contributed by atoms with Crippen LogP contribution in [0.4, 0.5) is 0 Å². The lowest BCUT2D eigenvalue weighted by Crippen LogP contribution is -2.43. The van der Waals surface area contributed by atoms with Crippen molar-refractivity contribution < 1.29 is 9.53 Å². The summed E-state index contributed by atoms with van der Waals surface area (Å²) >= 11 is 0. The number of rotatable bonds is 6. The molecule has 0 spiro atoms. The van der Waals surface area contributed by atoms with Gasteiger partial charge < -0.3 is 15.0 Å². The fourth-order valence-electron chi connectivity index (χ4n) is 2.87. The van der Waals surface area contributed by atoms with Gasteiger partial charge in [-0.15, -0.1) is 0 Å². The van der Waals surface area contributed by atoms with Crippen LogP contribution < -0.4 is 5.32 Å². The van der Waals surface area contributed by atoms with E-state index in [1.807, 2.05) is 37.1 Å². The number of carbonyl (C=O) groups is 1. The Kier molecular flexibility index (Phi) is 6.21. The summed E-state index contributed by atoms with van der Waals surface area (Å²) in [6.07, 6.45) is 3.15. The van der Waals surface area contributed by atoms with Crippen LogP contribution in [0.1, 0.15) is 35.7 Å². The highest BCUT2D eigenvalue weighted by Gasteiger charge is 2.25. The van der Waals surface area contributed by atoms with Crippen LogP contribution in [0.15, 0.2) is 24.3 Å². The van der Waals surface area contributed by atoms with E-state index in [-0.39, 0.29) is 12.0 Å². The van der Waals surface area contributed by atoms with Gasteiger partial charge in [-0.1, -0.05) is 18.2 Å². The molecule has 1 atom stereocenters. The molecule has 1 aromatic carbocycles. The molecule has 1 aliphatic rings. The molecule has 1 aromatic rings. The highest BCUT2D eigenvalue weighted by atomic mass is 16.5. The van der Waals surface area contributed by atoms with Crippen LogP contribution >= 0.6 is 0 Å². The minimum absolute atomic E-state index is 0.145. The van der Waals surface area contributed by atoms with E-state index in [2.05, 4.69) is 11.4 Å². The van der Waals surface area contributed by atoms with Gasteiger partial charge in [-0.2, -0.15) is 0 Å². The number of nitrogens with one attached hydrogen (secondary N) is 1. The second-order valence-corrected chi connectivity index (χ2v) is 5.48. The van der Waals surface area contributed by atoms with E-state index in [0.29, 0.717) is 13.2 Å². The standard InChI is InChI=1S/C17H26N2O2/c1-3-21-15-8-6-12-19(13-15)17(20)16-9-5-4-7-14(16)10-11-18-2/h4-5,7,9,15,18H,3,6,8,10-13H2,1-2H3. The van der Waals surface area contributed by atoms with Crippen molar-refractivity contribution in [2.45, 2.75) is 32.3 Å². The van der Waals surface area contributed by atoms with Crippen molar-refractivity contribution in [1.82, 2.24) is 10.2 Å². The van der Waals surface area contributed by atoms with Gasteiger partial charge in [-0.05, 0) is 51.4 Å². The third kappa shape index (κ3) is 4.29. The molecule has 1 heterocycles. The van der Waals surface area contributed by atoms with Gasteiger partial charge in [-0.3, -0.25) is 4.79 Å². The molecule has 1 aliphatic heterocycles. The summed E-state index contributed by atoms with van der Waals surface area (Å²) in [5.41, 5.74) is 1.96. The Balaban J connectivity index is 2.08. The van der Waals surface area contributed by atoms with Gasteiger partial charge in [-0.25, -0.2) is 0 Å². The molecule has 21 heavy (non-hydrogen) atoms. The lowest BCUT2D eigenvalue weighted by Gasteiger charge is -2.33. The van der Waals surface area contributed by atoms with E-state index in [0.717, 1.165) is 43.5 Å². The molecule has 116 valence electrons. The molecule has 0 bridgehead atoms. The number of likely N-dealkylation sites (tertiary alicyclic amines) is 1. The van der Waals surface area contributed by atoms with Crippen molar-refractivity contribution in [1.29, 1.82) is 0 Å². The molecular formula is C17H26N2O2. The van der Waals surface area contributed by atoms with Crippen LogP contribution in [0, 0.1) is 0 Å². The molecule has 1 saturated heterocycles. The zero-order valence-electron chi connectivity index (χ0n) is 13.1. The van der Waals surface area contributed by atoms with Crippen molar-refractivity contribution >= 4 is 5.91 Å². The minimum Gasteiger partial charge on any atom is -0.377 e. The number of ether oxygens (including phenoxy) is 1. The first-order chi connectivity index (χ1) is 10.3. The summed E-state index contributed by atoms with van der Waals surface area (Å²) in [5, 5.41) is 3.14. The topological polar surface area (TPSA) is 41.6 Å². The van der Waals surface area contributed by atoms with Crippen molar-refractivity contribution in [2.24, 2.45) is 0 Å². The van der Waals surface area contributed by atoms with Gasteiger partial charge in [0, 0.05) is 25.3 Å². The number of carbonyl (C=O) groups excluding carboxylic acids is 1. The molecule has 0 aromatic heterocycles. The maximum Gasteiger partial charge on any atom is 0.254 e. The molecule has 0 aliphatic carbocycles. The lowest BCUT2D eigenvalue weighted by molar-refractivity contribution is 0.00720. The molecule has 0 radical (unpaired) electrons. The number of benzene rings is 1. The van der Waals surface area contributed by atoms with Gasteiger partial charge in [0.1, 0.15) is 0 Å². The highest BCUT2D eigenvalue weighted by molar-refractivity contribution is 5.95. The monoisotopic (exact) mass is 290 g/mol. The molecule has 2 rings (SSSR count). The zero-order chi connectivity index (χ0) is 15.1. The molecule has 4 heteroatoms. The molecule has 1 fully saturated rings. The van der Waals surface area contributed by atoms with Gasteiger partial charge in [0.2, 0.25) is 0 Å². The van der Waals surface area contributed by atoms with Crippen LogP contribution in [0.25, 0.3) is 0 Å². The fraction of sp³-hybridized carbons (Fsp3) is 0.588. The molecule has 1 unspecified atom stereocenters. The average Bonchev–Trinajstić information content (AvgIpc) is 2.53. The number of hydrogen-bond acceptors (Lipinski definition) is 3. The smallest absolute Gasteiger partial charge is 0.254 e. The Morgan fingerprint density at radius 1 is 1.43 bits per heavy atom. The van der Waals surface area contributed by atoms with Crippen LogP contribution in [-0.4, -0.2) is 50.2 Å². The fourth-order valence-corrected chi connectivity index (χ4v) is 2.87. The predicted octanol–water partition coefficient (Wildman–Crippen LogP) is 2.09. The van der Waals surface area contributed by atoms with E-state index >= 15 is 0 Å². The second kappa shape index (κ2) is 8.15. The Hall–Kier alpha value is -1.39. The van der Waals surface area contributed by atoms with E-state index in [4.69, 9.17) is 4.74 Å². The van der Waals surface area contributed by atoms with Crippen LogP contribution in [-0.2, 0) is 11.2 Å². The van der Waals surface area contributed by atoms with Gasteiger partial charge in [0.25, 0.3) is 5.91 Å². The van der Waals surface area contributed by atoms with Crippen LogP contribution in [0.5, 0.6) is 0 Å². The lowest BCUT2D eigenvalue weighted by atomic mass is 10.0. The summed E-state index contributed by atoms with van der Waals surface area (Å²) in [5.74, 6) is 0.145. The number of amides is 1. The summed E-state index contributed by atoms with van der Waals surface area (Å²) in [6.45, 7) is 5.15. The predicted molar refractivity (Wildman–Crippen MR) is 84.6 cm³/mol. The summed E-state index contributed by atoms with van der Waals surface area (Å²) in [6, 6.07) is 7.94. The molecule has 4 nitrogen and oxygen atoms in total. The van der Waals surface area contributed by atoms with Crippen molar-refractivity contribution in [3.05, 3.63) is 35.4 Å². The van der Waals surface area contributed by atoms with Gasteiger partial charge in [0.05, 0.1) is 6.10 Å². The minimum atomic E-state index is 0.145. The Morgan fingerprint density at radius 2 is 2.24 bits per heavy atom. The maximum atomic E-state index is 12.8. The molecular weight excluding hydrogens is 264 g/mol. The first-order valence-electron chi connectivity index (χ1n) is 7.89. The first-order valence-corrected chi connectivity index (χ1v) is 7.89. The van der Waals surface area contributed by atoms with Crippen molar-refractivity contribution in [2.75, 3.05) is 33.3 Å². The van der Waals surface area contributed by atoms with E-state index in [1.54, 1.807) is 0 Å². The third-order valence-electron chi connectivity index (χ3n) is 3.96. The van der Waals surface area contributed by atoms with E-state index in [9.17, 15) is 4.79 Å². The SMILES string of the molecule is CCOC1CCCN(C(=O)c2ccccc2CCNC)C1. The van der Waals surface area contributed by atoms with Crippen LogP contribution in [0.3, 0.4) is 0 Å². The quantitative estimate of drug-likeness (QED) is 0.872.